The molecule has 1 saturated heterocycles. The van der Waals surface area contributed by atoms with Gasteiger partial charge in [-0.1, -0.05) is 28.1 Å². The number of β-lactam (4-membered cyclic amide) rings is 1. The third-order valence-corrected chi connectivity index (χ3v) is 4.33. The number of halogens is 2. The highest BCUT2D eigenvalue weighted by Gasteiger charge is 2.48. The Balaban J connectivity index is 1.61. The number of benzene rings is 1. The van der Waals surface area contributed by atoms with Gasteiger partial charge in [-0.05, 0) is 17.7 Å². The molecule has 1 aliphatic rings. The fourth-order valence-corrected chi connectivity index (χ4v) is 2.85. The van der Waals surface area contributed by atoms with Crippen LogP contribution in [-0.2, 0) is 9.59 Å². The number of nitrogens with one attached hydrogen (secondary N) is 1. The molecule has 1 aromatic heterocycles. The predicted octanol–water partition coefficient (Wildman–Crippen LogP) is 1.84. The van der Waals surface area contributed by atoms with Crippen molar-refractivity contribution in [2.75, 3.05) is 6.61 Å². The van der Waals surface area contributed by atoms with Gasteiger partial charge in [0.2, 0.25) is 5.88 Å². The molecule has 124 valence electrons. The first kappa shape index (κ1) is 16.7. The fraction of sp³-hybridized carbons (Fsp3) is 0.200. The zero-order valence-corrected chi connectivity index (χ0v) is 14.6. The fourth-order valence-electron chi connectivity index (χ4n) is 2.22. The Hall–Kier alpha value is -2.19. The van der Waals surface area contributed by atoms with E-state index in [4.69, 9.17) is 16.3 Å². The molecule has 1 fully saturated rings. The molecule has 1 N–H and O–H groups in total. The SMILES string of the molecule is O=C(COc1cnccn1)NN1C(=O)C(Cl)C1c1ccc(Br)cc1. The van der Waals surface area contributed by atoms with Crippen LogP contribution < -0.4 is 10.2 Å². The molecule has 0 bridgehead atoms. The first-order valence-electron chi connectivity index (χ1n) is 6.97. The van der Waals surface area contributed by atoms with E-state index in [-0.39, 0.29) is 18.4 Å². The molecule has 2 amide bonds. The molecule has 9 heteroatoms. The van der Waals surface area contributed by atoms with Gasteiger partial charge in [-0.2, -0.15) is 0 Å². The zero-order valence-electron chi connectivity index (χ0n) is 12.2. The predicted molar refractivity (Wildman–Crippen MR) is 89.0 cm³/mol. The van der Waals surface area contributed by atoms with Crippen LogP contribution in [0.25, 0.3) is 0 Å². The number of hydrazine groups is 1. The third-order valence-electron chi connectivity index (χ3n) is 3.38. The summed E-state index contributed by atoms with van der Waals surface area (Å²) in [5, 5.41) is 0.496. The Morgan fingerprint density at radius 3 is 2.75 bits per heavy atom. The average Bonchev–Trinajstić information content (AvgIpc) is 2.61. The number of rotatable bonds is 5. The van der Waals surface area contributed by atoms with Gasteiger partial charge >= 0.3 is 0 Å². The standard InChI is InChI=1S/C15H12BrClN4O3/c16-10-3-1-9(2-4-10)14-13(17)15(23)21(14)20-11(22)8-24-12-7-18-5-6-19-12/h1-7,13-14H,8H2,(H,20,22). The lowest BCUT2D eigenvalue weighted by molar-refractivity contribution is -0.157. The minimum atomic E-state index is -0.715. The lowest BCUT2D eigenvalue weighted by atomic mass is 9.95. The normalized spacial score (nSPS) is 19.6. The Labute approximate surface area is 151 Å². The molecule has 2 atom stereocenters. The monoisotopic (exact) mass is 410 g/mol. The number of alkyl halides is 1. The maximum Gasteiger partial charge on any atom is 0.276 e. The number of carbonyl (C=O) groups is 2. The molecule has 2 heterocycles. The minimum Gasteiger partial charge on any atom is -0.466 e. The van der Waals surface area contributed by atoms with Crippen molar-refractivity contribution in [1.82, 2.24) is 20.4 Å². The van der Waals surface area contributed by atoms with Gasteiger partial charge in [-0.15, -0.1) is 11.6 Å². The van der Waals surface area contributed by atoms with Crippen molar-refractivity contribution in [1.29, 1.82) is 0 Å². The smallest absolute Gasteiger partial charge is 0.276 e. The van der Waals surface area contributed by atoms with Crippen molar-refractivity contribution >= 4 is 39.3 Å². The van der Waals surface area contributed by atoms with Gasteiger partial charge in [0, 0.05) is 16.9 Å². The number of amides is 2. The van der Waals surface area contributed by atoms with Crippen LogP contribution in [0.5, 0.6) is 5.88 Å². The number of hydrogen-bond acceptors (Lipinski definition) is 5. The molecule has 0 aliphatic carbocycles. The van der Waals surface area contributed by atoms with E-state index in [0.717, 1.165) is 10.0 Å². The summed E-state index contributed by atoms with van der Waals surface area (Å²) in [6, 6.07) is 6.95. The summed E-state index contributed by atoms with van der Waals surface area (Å²) in [5.74, 6) is -0.626. The van der Waals surface area contributed by atoms with Crippen LogP contribution in [0.4, 0.5) is 0 Å². The van der Waals surface area contributed by atoms with Gasteiger partial charge in [-0.25, -0.2) is 9.99 Å². The summed E-state index contributed by atoms with van der Waals surface area (Å²) < 4.78 is 6.11. The van der Waals surface area contributed by atoms with Gasteiger partial charge in [0.05, 0.1) is 6.20 Å². The van der Waals surface area contributed by atoms with E-state index in [9.17, 15) is 9.59 Å². The van der Waals surface area contributed by atoms with E-state index in [2.05, 4.69) is 31.3 Å². The second-order valence-corrected chi connectivity index (χ2v) is 6.36. The lowest BCUT2D eigenvalue weighted by Gasteiger charge is -2.43. The number of hydrogen-bond donors (Lipinski definition) is 1. The van der Waals surface area contributed by atoms with Crippen LogP contribution in [-0.4, -0.2) is 38.8 Å². The Bertz CT molecular complexity index is 744. The molecule has 2 aromatic rings. The van der Waals surface area contributed by atoms with Gasteiger partial charge in [0.15, 0.2) is 6.61 Å². The molecule has 24 heavy (non-hydrogen) atoms. The summed E-state index contributed by atoms with van der Waals surface area (Å²) in [7, 11) is 0. The van der Waals surface area contributed by atoms with Gasteiger partial charge in [0.1, 0.15) is 11.4 Å². The highest BCUT2D eigenvalue weighted by atomic mass is 79.9. The Morgan fingerprint density at radius 2 is 2.08 bits per heavy atom. The summed E-state index contributed by atoms with van der Waals surface area (Å²) in [5.41, 5.74) is 3.33. The van der Waals surface area contributed by atoms with Gasteiger partial charge < -0.3 is 4.74 Å². The van der Waals surface area contributed by atoms with Gasteiger partial charge in [0.25, 0.3) is 11.8 Å². The average molecular weight is 412 g/mol. The molecular weight excluding hydrogens is 400 g/mol. The quantitative estimate of drug-likeness (QED) is 0.599. The van der Waals surface area contributed by atoms with Crippen LogP contribution in [0.3, 0.4) is 0 Å². The van der Waals surface area contributed by atoms with Gasteiger partial charge in [-0.3, -0.25) is 20.0 Å². The first-order valence-corrected chi connectivity index (χ1v) is 8.20. The molecular formula is C15H12BrClN4O3. The van der Waals surface area contributed by atoms with Crippen LogP contribution >= 0.6 is 27.5 Å². The van der Waals surface area contributed by atoms with E-state index in [0.29, 0.717) is 0 Å². The van der Waals surface area contributed by atoms with E-state index in [1.54, 1.807) is 0 Å². The first-order chi connectivity index (χ1) is 11.6. The van der Waals surface area contributed by atoms with Crippen molar-refractivity contribution < 1.29 is 14.3 Å². The summed E-state index contributed by atoms with van der Waals surface area (Å²) in [6.45, 7) is -0.289. The molecule has 2 unspecified atom stereocenters. The number of carbonyl (C=O) groups excluding carboxylic acids is 2. The number of aromatic nitrogens is 2. The maximum atomic E-state index is 12.0. The summed E-state index contributed by atoms with van der Waals surface area (Å²) >= 11 is 9.44. The maximum absolute atomic E-state index is 12.0. The number of nitrogens with zero attached hydrogens (tertiary/aromatic N) is 3. The minimum absolute atomic E-state index is 0.224. The second-order valence-electron chi connectivity index (χ2n) is 4.97. The molecule has 0 radical (unpaired) electrons. The molecule has 0 saturated carbocycles. The Morgan fingerprint density at radius 1 is 1.33 bits per heavy atom. The summed E-state index contributed by atoms with van der Waals surface area (Å²) in [4.78, 5) is 31.6. The molecule has 7 nitrogen and oxygen atoms in total. The second kappa shape index (κ2) is 7.14. The van der Waals surface area contributed by atoms with Crippen molar-refractivity contribution in [3.63, 3.8) is 0 Å². The van der Waals surface area contributed by atoms with Crippen LogP contribution in [0.2, 0.25) is 0 Å². The highest BCUT2D eigenvalue weighted by Crippen LogP contribution is 2.37. The third kappa shape index (κ3) is 3.49. The molecule has 1 aromatic carbocycles. The Kier molecular flexibility index (Phi) is 4.96. The van der Waals surface area contributed by atoms with Crippen LogP contribution in [0.15, 0.2) is 47.3 Å². The highest BCUT2D eigenvalue weighted by molar-refractivity contribution is 9.10. The molecule has 1 aliphatic heterocycles. The van der Waals surface area contributed by atoms with E-state index >= 15 is 0 Å². The number of ether oxygens (including phenoxy) is 1. The largest absolute Gasteiger partial charge is 0.466 e. The van der Waals surface area contributed by atoms with Crippen molar-refractivity contribution in [2.45, 2.75) is 11.4 Å². The van der Waals surface area contributed by atoms with Crippen LogP contribution in [0.1, 0.15) is 11.6 Å². The van der Waals surface area contributed by atoms with E-state index in [1.165, 1.54) is 23.6 Å². The van der Waals surface area contributed by atoms with E-state index in [1.807, 2.05) is 24.3 Å². The lowest BCUT2D eigenvalue weighted by Crippen LogP contribution is -2.63. The topological polar surface area (TPSA) is 84.4 Å². The van der Waals surface area contributed by atoms with Crippen molar-refractivity contribution in [2.24, 2.45) is 0 Å². The van der Waals surface area contributed by atoms with Crippen molar-refractivity contribution in [3.8, 4) is 5.88 Å². The molecule has 0 spiro atoms. The summed E-state index contributed by atoms with van der Waals surface area (Å²) in [6.07, 6.45) is 4.34. The van der Waals surface area contributed by atoms with Crippen molar-refractivity contribution in [3.05, 3.63) is 52.9 Å². The molecule has 3 rings (SSSR count). The van der Waals surface area contributed by atoms with E-state index < -0.39 is 17.3 Å². The van der Waals surface area contributed by atoms with Crippen LogP contribution in [0, 0.1) is 0 Å². The zero-order chi connectivity index (χ0) is 17.1.